The molecular weight excluding hydrogens is 246 g/mol. The van der Waals surface area contributed by atoms with Gasteiger partial charge in [-0.1, -0.05) is 13.8 Å². The summed E-state index contributed by atoms with van der Waals surface area (Å²) in [6.07, 6.45) is 2.06. The first-order valence-corrected chi connectivity index (χ1v) is 6.82. The summed E-state index contributed by atoms with van der Waals surface area (Å²) < 4.78 is 4.94. The van der Waals surface area contributed by atoms with E-state index in [9.17, 15) is 9.59 Å². The van der Waals surface area contributed by atoms with Gasteiger partial charge in [-0.15, -0.1) is 0 Å². The number of hydrogen-bond acceptors (Lipinski definition) is 4. The van der Waals surface area contributed by atoms with Crippen LogP contribution in [0, 0.1) is 0 Å². The molecule has 0 bridgehead atoms. The lowest BCUT2D eigenvalue weighted by molar-refractivity contribution is 0.0517. The molecule has 0 amide bonds. The maximum atomic E-state index is 11.7. The van der Waals surface area contributed by atoms with Crippen LogP contribution in [0.3, 0.4) is 0 Å². The van der Waals surface area contributed by atoms with Gasteiger partial charge in [0.2, 0.25) is 0 Å². The molecule has 1 aromatic rings. The van der Waals surface area contributed by atoms with E-state index in [4.69, 9.17) is 4.74 Å². The van der Waals surface area contributed by atoms with Crippen molar-refractivity contribution in [2.75, 3.05) is 19.7 Å². The van der Waals surface area contributed by atoms with Crippen LogP contribution in [0.4, 0.5) is 0 Å². The lowest BCUT2D eigenvalue weighted by atomic mass is 10.2. The molecule has 6 heteroatoms. The molecule has 0 saturated heterocycles. The third-order valence-corrected chi connectivity index (χ3v) is 2.75. The third kappa shape index (κ3) is 4.55. The molecule has 0 spiro atoms. The average Bonchev–Trinajstić information content (AvgIpc) is 2.71. The number of carbonyl (C=O) groups is 1. The summed E-state index contributed by atoms with van der Waals surface area (Å²) in [5, 5.41) is 0. The Kier molecular flexibility index (Phi) is 6.35. The topological polar surface area (TPSA) is 78.2 Å². The molecule has 0 aliphatic rings. The van der Waals surface area contributed by atoms with E-state index in [2.05, 4.69) is 28.7 Å². The van der Waals surface area contributed by atoms with Gasteiger partial charge in [-0.3, -0.25) is 9.88 Å². The van der Waals surface area contributed by atoms with Gasteiger partial charge in [-0.25, -0.2) is 9.59 Å². The van der Waals surface area contributed by atoms with Gasteiger partial charge in [0, 0.05) is 6.54 Å². The van der Waals surface area contributed by atoms with Crippen molar-refractivity contribution in [3.05, 3.63) is 21.9 Å². The molecule has 0 saturated carbocycles. The van der Waals surface area contributed by atoms with Gasteiger partial charge in [0.05, 0.1) is 12.3 Å². The van der Waals surface area contributed by atoms with E-state index in [1.807, 2.05) is 0 Å². The first-order chi connectivity index (χ1) is 9.12. The number of esters is 1. The number of hydrogen-bond donors (Lipinski definition) is 2. The van der Waals surface area contributed by atoms with Crippen molar-refractivity contribution in [1.29, 1.82) is 0 Å². The number of ether oxygens (including phenoxy) is 1. The molecule has 1 aromatic heterocycles. The molecule has 0 aliphatic carbocycles. The second-order valence-electron chi connectivity index (χ2n) is 4.43. The molecule has 0 aromatic carbocycles. The summed E-state index contributed by atoms with van der Waals surface area (Å²) >= 11 is 0. The highest BCUT2D eigenvalue weighted by molar-refractivity contribution is 5.88. The van der Waals surface area contributed by atoms with Crippen LogP contribution in [0.5, 0.6) is 0 Å². The first-order valence-electron chi connectivity index (χ1n) is 6.82. The molecule has 0 unspecified atom stereocenters. The Morgan fingerprint density at radius 1 is 1.16 bits per heavy atom. The van der Waals surface area contributed by atoms with Crippen molar-refractivity contribution in [3.8, 4) is 0 Å². The largest absolute Gasteiger partial charge is 0.461 e. The van der Waals surface area contributed by atoms with Gasteiger partial charge in [0.1, 0.15) is 5.69 Å². The predicted molar refractivity (Wildman–Crippen MR) is 73.2 cm³/mol. The number of rotatable bonds is 8. The Morgan fingerprint density at radius 3 is 2.32 bits per heavy atom. The van der Waals surface area contributed by atoms with Crippen LogP contribution in [0.15, 0.2) is 4.79 Å². The molecule has 0 fully saturated rings. The van der Waals surface area contributed by atoms with Gasteiger partial charge in [-0.2, -0.15) is 0 Å². The highest BCUT2D eigenvalue weighted by Gasteiger charge is 2.18. The smallest absolute Gasteiger partial charge is 0.356 e. The fourth-order valence-corrected chi connectivity index (χ4v) is 2.04. The van der Waals surface area contributed by atoms with Gasteiger partial charge >= 0.3 is 11.7 Å². The van der Waals surface area contributed by atoms with Crippen molar-refractivity contribution in [2.24, 2.45) is 0 Å². The predicted octanol–water partition coefficient (Wildman–Crippen LogP) is 1.50. The van der Waals surface area contributed by atoms with Crippen molar-refractivity contribution in [2.45, 2.75) is 40.2 Å². The molecule has 2 N–H and O–H groups in total. The summed E-state index contributed by atoms with van der Waals surface area (Å²) in [5.41, 5.74) is 0.473. The quantitative estimate of drug-likeness (QED) is 0.701. The summed E-state index contributed by atoms with van der Waals surface area (Å²) in [7, 11) is 0. The SMILES string of the molecule is CCCN(CCC)Cc1[nH]c(=O)[nH]c1C(=O)OCC. The fraction of sp³-hybridized carbons (Fsp3) is 0.692. The number of imidazole rings is 1. The maximum Gasteiger partial charge on any atom is 0.356 e. The van der Waals surface area contributed by atoms with E-state index in [-0.39, 0.29) is 11.4 Å². The molecule has 19 heavy (non-hydrogen) atoms. The Hall–Kier alpha value is -1.56. The number of nitrogens with zero attached hydrogens (tertiary/aromatic N) is 1. The van der Waals surface area contributed by atoms with Crippen molar-refractivity contribution in [3.63, 3.8) is 0 Å². The zero-order valence-corrected chi connectivity index (χ0v) is 11.9. The number of aromatic nitrogens is 2. The standard InChI is InChI=1S/C13H23N3O3/c1-4-7-16(8-5-2)9-10-11(12(17)19-6-3)15-13(18)14-10/h4-9H2,1-3H3,(H2,14,15,18). The molecule has 0 atom stereocenters. The Bertz CT molecular complexity index is 444. The van der Waals surface area contributed by atoms with E-state index in [1.165, 1.54) is 0 Å². The first kappa shape index (κ1) is 15.5. The van der Waals surface area contributed by atoms with Crippen LogP contribution in [0.25, 0.3) is 0 Å². The van der Waals surface area contributed by atoms with Crippen LogP contribution >= 0.6 is 0 Å². The number of carbonyl (C=O) groups excluding carboxylic acids is 1. The molecule has 108 valence electrons. The van der Waals surface area contributed by atoms with E-state index >= 15 is 0 Å². The lowest BCUT2D eigenvalue weighted by Gasteiger charge is -2.20. The second kappa shape index (κ2) is 7.78. The Labute approximate surface area is 113 Å². The highest BCUT2D eigenvalue weighted by Crippen LogP contribution is 2.08. The average molecular weight is 269 g/mol. The Morgan fingerprint density at radius 2 is 1.79 bits per heavy atom. The minimum absolute atomic E-state index is 0.240. The summed E-state index contributed by atoms with van der Waals surface area (Å²) in [6, 6.07) is 0. The minimum Gasteiger partial charge on any atom is -0.461 e. The van der Waals surface area contributed by atoms with E-state index in [0.717, 1.165) is 25.9 Å². The minimum atomic E-state index is -0.483. The number of nitrogens with one attached hydrogen (secondary N) is 2. The van der Waals surface area contributed by atoms with Gasteiger partial charge in [0.15, 0.2) is 0 Å². The normalized spacial score (nSPS) is 10.9. The monoisotopic (exact) mass is 269 g/mol. The summed E-state index contributed by atoms with van der Waals surface area (Å²) in [5.74, 6) is -0.483. The van der Waals surface area contributed by atoms with Crippen LogP contribution in [0.2, 0.25) is 0 Å². The van der Waals surface area contributed by atoms with Crippen molar-refractivity contribution >= 4 is 5.97 Å². The van der Waals surface area contributed by atoms with Crippen molar-refractivity contribution < 1.29 is 9.53 Å². The second-order valence-corrected chi connectivity index (χ2v) is 4.43. The highest BCUT2D eigenvalue weighted by atomic mass is 16.5. The zero-order valence-electron chi connectivity index (χ0n) is 11.9. The number of H-pyrrole nitrogens is 2. The van der Waals surface area contributed by atoms with Gasteiger partial charge in [0.25, 0.3) is 0 Å². The van der Waals surface area contributed by atoms with E-state index in [0.29, 0.717) is 18.8 Å². The molecule has 0 radical (unpaired) electrons. The summed E-state index contributed by atoms with van der Waals surface area (Å²) in [4.78, 5) is 30.5. The fourth-order valence-electron chi connectivity index (χ4n) is 2.04. The van der Waals surface area contributed by atoms with Crippen molar-refractivity contribution in [1.82, 2.24) is 14.9 Å². The molecular formula is C13H23N3O3. The van der Waals surface area contributed by atoms with Crippen LogP contribution in [-0.4, -0.2) is 40.5 Å². The van der Waals surface area contributed by atoms with Crippen LogP contribution in [-0.2, 0) is 11.3 Å². The molecule has 6 nitrogen and oxygen atoms in total. The van der Waals surface area contributed by atoms with E-state index < -0.39 is 5.97 Å². The summed E-state index contributed by atoms with van der Waals surface area (Å²) in [6.45, 7) is 8.66. The van der Waals surface area contributed by atoms with Gasteiger partial charge in [-0.05, 0) is 32.9 Å². The molecule has 0 aliphatic heterocycles. The lowest BCUT2D eigenvalue weighted by Crippen LogP contribution is -2.26. The zero-order chi connectivity index (χ0) is 14.3. The molecule has 1 rings (SSSR count). The Balaban J connectivity index is 2.86. The maximum absolute atomic E-state index is 11.7. The number of aromatic amines is 2. The van der Waals surface area contributed by atoms with Crippen LogP contribution < -0.4 is 5.69 Å². The van der Waals surface area contributed by atoms with Gasteiger partial charge < -0.3 is 9.72 Å². The molecule has 1 heterocycles. The third-order valence-electron chi connectivity index (χ3n) is 2.75. The van der Waals surface area contributed by atoms with Crippen LogP contribution in [0.1, 0.15) is 49.8 Å². The van der Waals surface area contributed by atoms with E-state index in [1.54, 1.807) is 6.92 Å².